The van der Waals surface area contributed by atoms with Gasteiger partial charge in [0.05, 0.1) is 0 Å². The van der Waals surface area contributed by atoms with Crippen LogP contribution in [0.1, 0.15) is 54.4 Å². The van der Waals surface area contributed by atoms with E-state index in [-0.39, 0.29) is 11.8 Å². The summed E-state index contributed by atoms with van der Waals surface area (Å²) in [6, 6.07) is 0. The summed E-state index contributed by atoms with van der Waals surface area (Å²) in [4.78, 5) is 0. The minimum absolute atomic E-state index is 0.0156. The monoisotopic (exact) mass is 218 g/mol. The van der Waals surface area contributed by atoms with Gasteiger partial charge in [0.2, 0.25) is 0 Å². The van der Waals surface area contributed by atoms with Crippen LogP contribution in [0.15, 0.2) is 0 Å². The van der Waals surface area contributed by atoms with Gasteiger partial charge in [0.1, 0.15) is 11.3 Å². The number of hydrogen-bond donors (Lipinski definition) is 0. The van der Waals surface area contributed by atoms with Gasteiger partial charge in [-0.2, -0.15) is 0 Å². The van der Waals surface area contributed by atoms with Gasteiger partial charge >= 0.3 is 0 Å². The van der Waals surface area contributed by atoms with Crippen molar-refractivity contribution in [1.82, 2.24) is 0 Å². The van der Waals surface area contributed by atoms with Gasteiger partial charge in [0.25, 0.3) is 0 Å². The summed E-state index contributed by atoms with van der Waals surface area (Å²) in [6.45, 7) is 10.9. The largest absolute Gasteiger partial charge is 0.244 e. The van der Waals surface area contributed by atoms with E-state index in [1.54, 1.807) is 13.8 Å². The van der Waals surface area contributed by atoms with Crippen molar-refractivity contribution in [3.05, 3.63) is 0 Å². The van der Waals surface area contributed by atoms with Gasteiger partial charge in [-0.15, -0.1) is 0 Å². The minimum Gasteiger partial charge on any atom is -0.244 e. The molecule has 1 rings (SSSR count). The second-order valence-electron chi connectivity index (χ2n) is 6.00. The van der Waals surface area contributed by atoms with Crippen LogP contribution in [0.4, 0.5) is 8.78 Å². The fraction of sp³-hybridized carbons (Fsp3) is 1.00. The maximum Gasteiger partial charge on any atom is 0.117 e. The molecule has 1 saturated carbocycles. The van der Waals surface area contributed by atoms with Crippen LogP contribution in [0.5, 0.6) is 0 Å². The summed E-state index contributed by atoms with van der Waals surface area (Å²) in [5, 5.41) is 0. The van der Waals surface area contributed by atoms with E-state index in [0.717, 1.165) is 0 Å². The van der Waals surface area contributed by atoms with E-state index in [1.165, 1.54) is 6.92 Å². The zero-order valence-electron chi connectivity index (χ0n) is 10.8. The first-order valence-corrected chi connectivity index (χ1v) is 5.96. The SMILES string of the molecule is CCC(C)(F)CC(C)(F)C1(C)C(C)C1C. The Morgan fingerprint density at radius 2 is 1.53 bits per heavy atom. The Balaban J connectivity index is 2.77. The summed E-state index contributed by atoms with van der Waals surface area (Å²) in [6.07, 6.45) is 0.396. The number of rotatable bonds is 4. The lowest BCUT2D eigenvalue weighted by Gasteiger charge is -2.34. The van der Waals surface area contributed by atoms with Crippen molar-refractivity contribution in [2.75, 3.05) is 0 Å². The first kappa shape index (κ1) is 12.9. The van der Waals surface area contributed by atoms with Gasteiger partial charge in [-0.05, 0) is 32.1 Å². The van der Waals surface area contributed by atoms with Crippen molar-refractivity contribution in [3.63, 3.8) is 0 Å². The molecular formula is C13H24F2. The summed E-state index contributed by atoms with van der Waals surface area (Å²) < 4.78 is 28.5. The molecule has 4 unspecified atom stereocenters. The number of hydrogen-bond acceptors (Lipinski definition) is 0. The molecule has 0 heterocycles. The third-order valence-electron chi connectivity index (χ3n) is 5.09. The van der Waals surface area contributed by atoms with E-state index in [9.17, 15) is 8.78 Å². The van der Waals surface area contributed by atoms with Crippen LogP contribution < -0.4 is 0 Å². The van der Waals surface area contributed by atoms with Crippen molar-refractivity contribution in [1.29, 1.82) is 0 Å². The van der Waals surface area contributed by atoms with Crippen LogP contribution in [0.2, 0.25) is 0 Å². The molecule has 0 nitrogen and oxygen atoms in total. The highest BCUT2D eigenvalue weighted by Gasteiger charge is 2.66. The molecule has 1 aliphatic rings. The second kappa shape index (κ2) is 3.43. The van der Waals surface area contributed by atoms with Gasteiger partial charge in [0, 0.05) is 11.8 Å². The third kappa shape index (κ3) is 1.92. The van der Waals surface area contributed by atoms with Crippen LogP contribution >= 0.6 is 0 Å². The molecule has 0 amide bonds. The minimum atomic E-state index is -1.40. The zero-order chi connectivity index (χ0) is 12.1. The maximum absolute atomic E-state index is 14.6. The van der Waals surface area contributed by atoms with Gasteiger partial charge in [-0.3, -0.25) is 0 Å². The fourth-order valence-corrected chi connectivity index (χ4v) is 2.94. The van der Waals surface area contributed by atoms with Crippen LogP contribution in [0, 0.1) is 17.3 Å². The summed E-state index contributed by atoms with van der Waals surface area (Å²) >= 11 is 0. The van der Waals surface area contributed by atoms with Crippen LogP contribution in [-0.2, 0) is 0 Å². The maximum atomic E-state index is 14.6. The van der Waals surface area contributed by atoms with Crippen molar-refractivity contribution in [2.45, 2.75) is 65.7 Å². The Morgan fingerprint density at radius 3 is 1.80 bits per heavy atom. The molecule has 0 spiro atoms. The standard InChI is InChI=1S/C13H24F2/c1-7-11(4,14)8-12(5,15)13(6)9(2)10(13)3/h9-10H,7-8H2,1-6H3. The van der Waals surface area contributed by atoms with E-state index in [4.69, 9.17) is 0 Å². The molecule has 4 atom stereocenters. The molecule has 0 radical (unpaired) electrons. The predicted octanol–water partition coefficient (Wildman–Crippen LogP) is 4.54. The quantitative estimate of drug-likeness (QED) is 0.650. The first-order valence-electron chi connectivity index (χ1n) is 5.96. The Labute approximate surface area is 92.4 Å². The Kier molecular flexibility index (Phi) is 2.95. The molecule has 90 valence electrons. The van der Waals surface area contributed by atoms with E-state index in [1.807, 2.05) is 6.92 Å². The molecule has 1 aliphatic carbocycles. The lowest BCUT2D eigenvalue weighted by Crippen LogP contribution is -2.38. The first-order chi connectivity index (χ1) is 6.58. The molecule has 15 heavy (non-hydrogen) atoms. The molecule has 0 saturated heterocycles. The van der Waals surface area contributed by atoms with Crippen LogP contribution in [0.25, 0.3) is 0 Å². The van der Waals surface area contributed by atoms with Crippen molar-refractivity contribution >= 4 is 0 Å². The van der Waals surface area contributed by atoms with Crippen LogP contribution in [-0.4, -0.2) is 11.3 Å². The summed E-state index contributed by atoms with van der Waals surface area (Å²) in [7, 11) is 0. The van der Waals surface area contributed by atoms with Gasteiger partial charge in [-0.25, -0.2) is 8.78 Å². The van der Waals surface area contributed by atoms with E-state index < -0.39 is 11.3 Å². The molecule has 2 heteroatoms. The van der Waals surface area contributed by atoms with Crippen LogP contribution in [0.3, 0.4) is 0 Å². The Hall–Kier alpha value is -0.140. The molecule has 1 fully saturated rings. The molecular weight excluding hydrogens is 194 g/mol. The highest BCUT2D eigenvalue weighted by Crippen LogP contribution is 2.66. The van der Waals surface area contributed by atoms with Gasteiger partial charge < -0.3 is 0 Å². The summed E-state index contributed by atoms with van der Waals surface area (Å²) in [5.74, 6) is 0.723. The summed E-state index contributed by atoms with van der Waals surface area (Å²) in [5.41, 5.74) is -3.12. The normalized spacial score (nSPS) is 43.2. The molecule has 0 aromatic rings. The van der Waals surface area contributed by atoms with Crippen molar-refractivity contribution in [3.8, 4) is 0 Å². The molecule has 0 bridgehead atoms. The van der Waals surface area contributed by atoms with E-state index >= 15 is 0 Å². The zero-order valence-corrected chi connectivity index (χ0v) is 10.8. The molecule has 0 aromatic heterocycles. The lowest BCUT2D eigenvalue weighted by molar-refractivity contribution is 0.00484. The van der Waals surface area contributed by atoms with E-state index in [0.29, 0.717) is 18.3 Å². The third-order valence-corrected chi connectivity index (χ3v) is 5.09. The molecule has 0 aliphatic heterocycles. The second-order valence-corrected chi connectivity index (χ2v) is 6.00. The topological polar surface area (TPSA) is 0 Å². The molecule has 0 N–H and O–H groups in total. The smallest absolute Gasteiger partial charge is 0.117 e. The fourth-order valence-electron chi connectivity index (χ4n) is 2.94. The average molecular weight is 218 g/mol. The van der Waals surface area contributed by atoms with Gasteiger partial charge in [0.15, 0.2) is 0 Å². The highest BCUT2D eigenvalue weighted by atomic mass is 19.2. The predicted molar refractivity (Wildman–Crippen MR) is 60.4 cm³/mol. The molecule has 0 aromatic carbocycles. The van der Waals surface area contributed by atoms with Crippen molar-refractivity contribution in [2.24, 2.45) is 17.3 Å². The Bertz CT molecular complexity index is 235. The van der Waals surface area contributed by atoms with Gasteiger partial charge in [-0.1, -0.05) is 27.7 Å². The Morgan fingerprint density at radius 1 is 1.13 bits per heavy atom. The van der Waals surface area contributed by atoms with Crippen molar-refractivity contribution < 1.29 is 8.78 Å². The number of alkyl halides is 2. The van der Waals surface area contributed by atoms with E-state index in [2.05, 4.69) is 13.8 Å². The number of halogens is 2. The average Bonchev–Trinajstić information content (AvgIpc) is 2.57. The highest BCUT2D eigenvalue weighted by molar-refractivity contribution is 5.14. The lowest BCUT2D eigenvalue weighted by atomic mass is 9.78.